The predicted octanol–water partition coefficient (Wildman–Crippen LogP) is 3.29. The third-order valence-electron chi connectivity index (χ3n) is 5.08. The minimum Gasteiger partial charge on any atom is -0.326 e. The number of aromatic nitrogens is 2. The predicted molar refractivity (Wildman–Crippen MR) is 130 cm³/mol. The normalized spacial score (nSPS) is 12.3. The lowest BCUT2D eigenvalue weighted by Gasteiger charge is -2.15. The van der Waals surface area contributed by atoms with Crippen LogP contribution in [0.3, 0.4) is 0 Å². The number of para-hydroxylation sites is 2. The SMILES string of the molecule is CC(=O)Nc1ccc(S(=O)(=O)N[C@@H](C)C(=O)Nc2ccc(-n3cnc4ccccc43)cc2)cc1. The Morgan fingerprint density at radius 1 is 0.882 bits per heavy atom. The zero-order valence-corrected chi connectivity index (χ0v) is 19.3. The lowest BCUT2D eigenvalue weighted by atomic mass is 10.2. The summed E-state index contributed by atoms with van der Waals surface area (Å²) in [6.07, 6.45) is 1.73. The van der Waals surface area contributed by atoms with E-state index in [1.807, 2.05) is 41.0 Å². The topological polar surface area (TPSA) is 122 Å². The van der Waals surface area contributed by atoms with Crippen molar-refractivity contribution in [1.82, 2.24) is 14.3 Å². The maximum atomic E-state index is 12.6. The first-order valence-corrected chi connectivity index (χ1v) is 11.9. The number of carbonyl (C=O) groups excluding carboxylic acids is 2. The van der Waals surface area contributed by atoms with Gasteiger partial charge in [0, 0.05) is 24.0 Å². The van der Waals surface area contributed by atoms with Gasteiger partial charge in [0.05, 0.1) is 22.0 Å². The number of rotatable bonds is 7. The van der Waals surface area contributed by atoms with Crippen LogP contribution in [-0.4, -0.2) is 35.8 Å². The molecule has 3 N–H and O–H groups in total. The zero-order chi connectivity index (χ0) is 24.3. The molecule has 0 saturated heterocycles. The Labute approximate surface area is 196 Å². The third kappa shape index (κ3) is 5.13. The highest BCUT2D eigenvalue weighted by molar-refractivity contribution is 7.89. The number of anilines is 2. The number of amides is 2. The van der Waals surface area contributed by atoms with Crippen molar-refractivity contribution in [3.8, 4) is 5.69 Å². The molecule has 3 aromatic carbocycles. The number of hydrogen-bond donors (Lipinski definition) is 3. The van der Waals surface area contributed by atoms with Gasteiger partial charge in [-0.15, -0.1) is 0 Å². The molecule has 0 aliphatic heterocycles. The monoisotopic (exact) mass is 477 g/mol. The van der Waals surface area contributed by atoms with E-state index in [-0.39, 0.29) is 10.8 Å². The summed E-state index contributed by atoms with van der Waals surface area (Å²) < 4.78 is 29.6. The van der Waals surface area contributed by atoms with Gasteiger partial charge in [-0.2, -0.15) is 4.72 Å². The average Bonchev–Trinajstić information content (AvgIpc) is 3.23. The lowest BCUT2D eigenvalue weighted by molar-refractivity contribution is -0.117. The smallest absolute Gasteiger partial charge is 0.242 e. The number of carbonyl (C=O) groups is 2. The van der Waals surface area contributed by atoms with Crippen molar-refractivity contribution < 1.29 is 18.0 Å². The van der Waals surface area contributed by atoms with Crippen LogP contribution in [-0.2, 0) is 19.6 Å². The molecule has 0 aliphatic rings. The molecule has 1 aromatic heterocycles. The fraction of sp³-hybridized carbons (Fsp3) is 0.125. The third-order valence-corrected chi connectivity index (χ3v) is 6.63. The molecule has 0 unspecified atom stereocenters. The van der Waals surface area contributed by atoms with Crippen molar-refractivity contribution in [2.75, 3.05) is 10.6 Å². The quantitative estimate of drug-likeness (QED) is 0.377. The van der Waals surface area contributed by atoms with Gasteiger partial charge in [-0.3, -0.25) is 14.2 Å². The molecule has 4 aromatic rings. The second-order valence-electron chi connectivity index (χ2n) is 7.69. The van der Waals surface area contributed by atoms with Crippen LogP contribution >= 0.6 is 0 Å². The second kappa shape index (κ2) is 9.46. The highest BCUT2D eigenvalue weighted by atomic mass is 32.2. The van der Waals surface area contributed by atoms with Crippen LogP contribution in [0.5, 0.6) is 0 Å². The molecule has 2 amide bonds. The summed E-state index contributed by atoms with van der Waals surface area (Å²) in [5.74, 6) is -0.760. The Bertz CT molecular complexity index is 1450. The summed E-state index contributed by atoms with van der Waals surface area (Å²) in [5.41, 5.74) is 3.73. The van der Waals surface area contributed by atoms with Crippen LogP contribution in [0.2, 0.25) is 0 Å². The van der Waals surface area contributed by atoms with E-state index in [1.54, 1.807) is 18.5 Å². The maximum Gasteiger partial charge on any atom is 0.242 e. The van der Waals surface area contributed by atoms with E-state index in [0.717, 1.165) is 16.7 Å². The number of benzene rings is 3. The van der Waals surface area contributed by atoms with Gasteiger partial charge >= 0.3 is 0 Å². The van der Waals surface area contributed by atoms with Crippen molar-refractivity contribution >= 4 is 44.2 Å². The van der Waals surface area contributed by atoms with E-state index in [0.29, 0.717) is 11.4 Å². The van der Waals surface area contributed by atoms with Crippen LogP contribution in [0.15, 0.2) is 84.0 Å². The van der Waals surface area contributed by atoms with E-state index in [9.17, 15) is 18.0 Å². The first kappa shape index (κ1) is 23.1. The number of nitrogens with one attached hydrogen (secondary N) is 3. The summed E-state index contributed by atoms with van der Waals surface area (Å²) in [7, 11) is -3.93. The van der Waals surface area contributed by atoms with Crippen molar-refractivity contribution in [3.63, 3.8) is 0 Å². The van der Waals surface area contributed by atoms with Crippen molar-refractivity contribution in [2.45, 2.75) is 24.8 Å². The summed E-state index contributed by atoms with van der Waals surface area (Å²) in [6, 6.07) is 19.6. The molecule has 10 heteroatoms. The van der Waals surface area contributed by atoms with Crippen molar-refractivity contribution in [1.29, 1.82) is 0 Å². The van der Waals surface area contributed by atoms with Crippen LogP contribution in [0.1, 0.15) is 13.8 Å². The molecule has 0 radical (unpaired) electrons. The zero-order valence-electron chi connectivity index (χ0n) is 18.5. The Kier molecular flexibility index (Phi) is 6.44. The summed E-state index contributed by atoms with van der Waals surface area (Å²) in [6.45, 7) is 2.82. The molecule has 1 atom stereocenters. The van der Waals surface area contributed by atoms with Gasteiger partial charge in [0.15, 0.2) is 0 Å². The molecule has 4 rings (SSSR count). The Morgan fingerprint density at radius 3 is 2.18 bits per heavy atom. The summed E-state index contributed by atoms with van der Waals surface area (Å²) in [5, 5.41) is 5.29. The van der Waals surface area contributed by atoms with Gasteiger partial charge in [0.2, 0.25) is 21.8 Å². The maximum absolute atomic E-state index is 12.6. The van der Waals surface area contributed by atoms with Gasteiger partial charge in [0.1, 0.15) is 6.33 Å². The van der Waals surface area contributed by atoms with Crippen LogP contribution in [0.4, 0.5) is 11.4 Å². The van der Waals surface area contributed by atoms with Gasteiger partial charge in [0.25, 0.3) is 0 Å². The van der Waals surface area contributed by atoms with Crippen molar-refractivity contribution in [2.24, 2.45) is 0 Å². The van der Waals surface area contributed by atoms with Crippen LogP contribution < -0.4 is 15.4 Å². The van der Waals surface area contributed by atoms with Gasteiger partial charge in [-0.25, -0.2) is 13.4 Å². The van der Waals surface area contributed by atoms with Crippen molar-refractivity contribution in [3.05, 3.63) is 79.1 Å². The van der Waals surface area contributed by atoms with Crippen LogP contribution in [0.25, 0.3) is 16.7 Å². The Hall–Kier alpha value is -4.02. The molecule has 0 saturated carbocycles. The molecule has 34 heavy (non-hydrogen) atoms. The number of nitrogens with zero attached hydrogens (tertiary/aromatic N) is 2. The number of imidazole rings is 1. The van der Waals surface area contributed by atoms with E-state index >= 15 is 0 Å². The number of fused-ring (bicyclic) bond motifs is 1. The molecule has 0 spiro atoms. The first-order chi connectivity index (χ1) is 16.2. The van der Waals surface area contributed by atoms with Gasteiger partial charge in [-0.1, -0.05) is 12.1 Å². The molecule has 0 fully saturated rings. The van der Waals surface area contributed by atoms with E-state index < -0.39 is 22.0 Å². The molecule has 9 nitrogen and oxygen atoms in total. The van der Waals surface area contributed by atoms with E-state index in [4.69, 9.17) is 0 Å². The molecule has 0 aliphatic carbocycles. The molecule has 0 bridgehead atoms. The van der Waals surface area contributed by atoms with E-state index in [2.05, 4.69) is 20.3 Å². The lowest BCUT2D eigenvalue weighted by Crippen LogP contribution is -2.41. The standard InChI is InChI=1S/C24H23N5O4S/c1-16(28-34(32,33)21-13-9-18(10-14-21)26-17(2)30)24(31)27-19-7-11-20(12-8-19)29-15-25-22-5-3-4-6-23(22)29/h3-16,28H,1-2H3,(H,26,30)(H,27,31)/t16-/m0/s1. The second-order valence-corrected chi connectivity index (χ2v) is 9.40. The summed E-state index contributed by atoms with van der Waals surface area (Å²) >= 11 is 0. The Morgan fingerprint density at radius 2 is 1.50 bits per heavy atom. The molecular weight excluding hydrogens is 454 g/mol. The van der Waals surface area contributed by atoms with E-state index in [1.165, 1.54) is 38.1 Å². The largest absolute Gasteiger partial charge is 0.326 e. The number of hydrogen-bond acceptors (Lipinski definition) is 5. The fourth-order valence-corrected chi connectivity index (χ4v) is 4.60. The molecule has 1 heterocycles. The number of sulfonamides is 1. The highest BCUT2D eigenvalue weighted by Gasteiger charge is 2.22. The fourth-order valence-electron chi connectivity index (χ4n) is 3.40. The first-order valence-electron chi connectivity index (χ1n) is 10.5. The summed E-state index contributed by atoms with van der Waals surface area (Å²) in [4.78, 5) is 28.0. The van der Waals surface area contributed by atoms with Gasteiger partial charge in [-0.05, 0) is 67.6 Å². The average molecular weight is 478 g/mol. The van der Waals surface area contributed by atoms with Gasteiger partial charge < -0.3 is 10.6 Å². The minimum atomic E-state index is -3.93. The molecular formula is C24H23N5O4S. The Balaban J connectivity index is 1.40. The molecule has 174 valence electrons. The van der Waals surface area contributed by atoms with Crippen LogP contribution in [0, 0.1) is 0 Å². The minimum absolute atomic E-state index is 0.0156. The highest BCUT2D eigenvalue weighted by Crippen LogP contribution is 2.20.